The van der Waals surface area contributed by atoms with E-state index < -0.39 is 0 Å². The SMILES string of the molecule is BrCc1ccc2nc3ccccc3cc2c1. The maximum absolute atomic E-state index is 4.64. The summed E-state index contributed by atoms with van der Waals surface area (Å²) in [6, 6.07) is 16.8. The molecule has 1 heterocycles. The molecule has 1 aromatic heterocycles. The number of nitrogens with zero attached hydrogens (tertiary/aromatic N) is 1. The molecule has 0 aliphatic rings. The number of alkyl halides is 1. The summed E-state index contributed by atoms with van der Waals surface area (Å²) in [5.41, 5.74) is 3.40. The van der Waals surface area contributed by atoms with E-state index in [9.17, 15) is 0 Å². The van der Waals surface area contributed by atoms with Gasteiger partial charge in [-0.2, -0.15) is 0 Å². The van der Waals surface area contributed by atoms with Crippen LogP contribution < -0.4 is 0 Å². The van der Waals surface area contributed by atoms with Gasteiger partial charge in [-0.1, -0.05) is 40.2 Å². The molecule has 0 aliphatic heterocycles. The van der Waals surface area contributed by atoms with Crippen LogP contribution in [0, 0.1) is 0 Å². The first-order chi connectivity index (χ1) is 7.86. The van der Waals surface area contributed by atoms with Crippen LogP contribution in [0.15, 0.2) is 48.5 Å². The second-order valence-electron chi connectivity index (χ2n) is 3.84. The number of halogens is 1. The fraction of sp³-hybridized carbons (Fsp3) is 0.0714. The number of pyridine rings is 1. The van der Waals surface area contributed by atoms with Gasteiger partial charge >= 0.3 is 0 Å². The van der Waals surface area contributed by atoms with Crippen molar-refractivity contribution in [2.45, 2.75) is 5.33 Å². The lowest BCUT2D eigenvalue weighted by molar-refractivity contribution is 1.43. The van der Waals surface area contributed by atoms with E-state index in [2.05, 4.69) is 51.2 Å². The summed E-state index contributed by atoms with van der Waals surface area (Å²) >= 11 is 3.47. The van der Waals surface area contributed by atoms with Gasteiger partial charge in [0.1, 0.15) is 0 Å². The zero-order valence-corrected chi connectivity index (χ0v) is 10.2. The Labute approximate surface area is 102 Å². The van der Waals surface area contributed by atoms with Crippen molar-refractivity contribution in [2.75, 3.05) is 0 Å². The molecule has 0 radical (unpaired) electrons. The first-order valence-electron chi connectivity index (χ1n) is 5.21. The van der Waals surface area contributed by atoms with Gasteiger partial charge in [-0.05, 0) is 29.8 Å². The predicted octanol–water partition coefficient (Wildman–Crippen LogP) is 4.28. The van der Waals surface area contributed by atoms with E-state index in [0.29, 0.717) is 0 Å². The molecule has 78 valence electrons. The Balaban J connectivity index is 2.37. The van der Waals surface area contributed by atoms with Crippen LogP contribution in [0.25, 0.3) is 21.8 Å². The molecule has 3 aromatic rings. The average molecular weight is 272 g/mol. The van der Waals surface area contributed by atoms with Gasteiger partial charge in [-0.15, -0.1) is 0 Å². The van der Waals surface area contributed by atoms with Crippen LogP contribution in [-0.4, -0.2) is 4.98 Å². The number of hydrogen-bond acceptors (Lipinski definition) is 1. The molecule has 0 saturated heterocycles. The summed E-state index contributed by atoms with van der Waals surface area (Å²) in [6.45, 7) is 0. The van der Waals surface area contributed by atoms with Gasteiger partial charge in [-0.25, -0.2) is 4.98 Å². The molecule has 0 N–H and O–H groups in total. The van der Waals surface area contributed by atoms with Crippen LogP contribution in [0.3, 0.4) is 0 Å². The summed E-state index contributed by atoms with van der Waals surface area (Å²) < 4.78 is 0. The Hall–Kier alpha value is -1.41. The zero-order valence-electron chi connectivity index (χ0n) is 8.65. The molecule has 0 fully saturated rings. The molecule has 0 atom stereocenters. The van der Waals surface area contributed by atoms with Crippen molar-refractivity contribution in [3.05, 3.63) is 54.1 Å². The Kier molecular flexibility index (Phi) is 2.37. The van der Waals surface area contributed by atoms with E-state index in [1.807, 2.05) is 18.2 Å². The highest BCUT2D eigenvalue weighted by Crippen LogP contribution is 2.21. The summed E-state index contributed by atoms with van der Waals surface area (Å²) in [4.78, 5) is 4.64. The molecule has 0 saturated carbocycles. The van der Waals surface area contributed by atoms with Crippen molar-refractivity contribution in [3.8, 4) is 0 Å². The molecule has 0 aliphatic carbocycles. The van der Waals surface area contributed by atoms with Crippen LogP contribution in [0.4, 0.5) is 0 Å². The summed E-state index contributed by atoms with van der Waals surface area (Å²) in [5.74, 6) is 0. The van der Waals surface area contributed by atoms with Crippen LogP contribution in [-0.2, 0) is 5.33 Å². The minimum Gasteiger partial charge on any atom is -0.248 e. The fourth-order valence-corrected chi connectivity index (χ4v) is 2.26. The highest BCUT2D eigenvalue weighted by atomic mass is 79.9. The van der Waals surface area contributed by atoms with Gasteiger partial charge in [-0.3, -0.25) is 0 Å². The largest absolute Gasteiger partial charge is 0.248 e. The molecule has 16 heavy (non-hydrogen) atoms. The van der Waals surface area contributed by atoms with Crippen molar-refractivity contribution in [3.63, 3.8) is 0 Å². The molecule has 1 nitrogen and oxygen atoms in total. The summed E-state index contributed by atoms with van der Waals surface area (Å²) in [6.07, 6.45) is 0. The maximum Gasteiger partial charge on any atom is 0.0709 e. The normalized spacial score (nSPS) is 11.1. The molecule has 0 bridgehead atoms. The number of benzene rings is 2. The topological polar surface area (TPSA) is 12.9 Å². The van der Waals surface area contributed by atoms with Crippen LogP contribution in [0.2, 0.25) is 0 Å². The predicted molar refractivity (Wildman–Crippen MR) is 71.9 cm³/mol. The Morgan fingerprint density at radius 1 is 0.875 bits per heavy atom. The number of para-hydroxylation sites is 1. The minimum absolute atomic E-state index is 0.885. The van der Waals surface area contributed by atoms with Gasteiger partial charge < -0.3 is 0 Å². The molecular formula is C14H10BrN. The van der Waals surface area contributed by atoms with Gasteiger partial charge in [0.2, 0.25) is 0 Å². The first kappa shape index (κ1) is 9.79. The van der Waals surface area contributed by atoms with E-state index >= 15 is 0 Å². The minimum atomic E-state index is 0.885. The van der Waals surface area contributed by atoms with Gasteiger partial charge in [0.25, 0.3) is 0 Å². The van der Waals surface area contributed by atoms with Crippen molar-refractivity contribution in [2.24, 2.45) is 0 Å². The lowest BCUT2D eigenvalue weighted by Gasteiger charge is -2.02. The quantitative estimate of drug-likeness (QED) is 0.476. The lowest BCUT2D eigenvalue weighted by Crippen LogP contribution is -1.84. The summed E-state index contributed by atoms with van der Waals surface area (Å²) in [5, 5.41) is 3.29. The molecule has 2 heteroatoms. The fourth-order valence-electron chi connectivity index (χ4n) is 1.91. The van der Waals surface area contributed by atoms with Gasteiger partial charge in [0.05, 0.1) is 11.0 Å². The van der Waals surface area contributed by atoms with Crippen molar-refractivity contribution in [1.82, 2.24) is 4.98 Å². The van der Waals surface area contributed by atoms with Crippen LogP contribution in [0.5, 0.6) is 0 Å². The van der Waals surface area contributed by atoms with Gasteiger partial charge in [0.15, 0.2) is 0 Å². The summed E-state index contributed by atoms with van der Waals surface area (Å²) in [7, 11) is 0. The highest BCUT2D eigenvalue weighted by molar-refractivity contribution is 9.08. The number of aromatic nitrogens is 1. The van der Waals surface area contributed by atoms with Crippen molar-refractivity contribution < 1.29 is 0 Å². The third kappa shape index (κ3) is 1.59. The standard InChI is InChI=1S/C14H10BrN/c15-9-10-5-6-14-12(7-10)8-11-3-1-2-4-13(11)16-14/h1-8H,9H2. The molecule has 0 amide bonds. The first-order valence-corrected chi connectivity index (χ1v) is 6.33. The number of fused-ring (bicyclic) bond motifs is 2. The van der Waals surface area contributed by atoms with Gasteiger partial charge in [0, 0.05) is 16.1 Å². The Bertz CT molecular complexity index is 661. The number of rotatable bonds is 1. The second-order valence-corrected chi connectivity index (χ2v) is 4.40. The van der Waals surface area contributed by atoms with Crippen molar-refractivity contribution in [1.29, 1.82) is 0 Å². The second kappa shape index (κ2) is 3.87. The third-order valence-electron chi connectivity index (χ3n) is 2.73. The zero-order chi connectivity index (χ0) is 11.0. The van der Waals surface area contributed by atoms with E-state index in [0.717, 1.165) is 16.4 Å². The molecule has 0 unspecified atom stereocenters. The monoisotopic (exact) mass is 271 g/mol. The smallest absolute Gasteiger partial charge is 0.0709 e. The lowest BCUT2D eigenvalue weighted by atomic mass is 10.1. The van der Waals surface area contributed by atoms with Crippen LogP contribution >= 0.6 is 15.9 Å². The Morgan fingerprint density at radius 2 is 1.69 bits per heavy atom. The van der Waals surface area contributed by atoms with Crippen LogP contribution in [0.1, 0.15) is 5.56 Å². The molecule has 0 spiro atoms. The third-order valence-corrected chi connectivity index (χ3v) is 3.38. The number of hydrogen-bond donors (Lipinski definition) is 0. The van der Waals surface area contributed by atoms with E-state index in [1.54, 1.807) is 0 Å². The van der Waals surface area contributed by atoms with E-state index in [1.165, 1.54) is 16.3 Å². The maximum atomic E-state index is 4.64. The molecular weight excluding hydrogens is 262 g/mol. The van der Waals surface area contributed by atoms with E-state index in [-0.39, 0.29) is 0 Å². The highest BCUT2D eigenvalue weighted by Gasteiger charge is 1.99. The molecule has 2 aromatic carbocycles. The van der Waals surface area contributed by atoms with Crippen molar-refractivity contribution >= 4 is 37.7 Å². The molecule has 3 rings (SSSR count). The Morgan fingerprint density at radius 3 is 2.56 bits per heavy atom. The van der Waals surface area contributed by atoms with E-state index in [4.69, 9.17) is 0 Å². The average Bonchev–Trinajstić information content (AvgIpc) is 2.35.